The van der Waals surface area contributed by atoms with E-state index < -0.39 is 0 Å². The molecule has 2 N–H and O–H groups in total. The normalized spacial score (nSPS) is 21.2. The molecule has 1 heterocycles. The highest BCUT2D eigenvalue weighted by Crippen LogP contribution is 2.40. The predicted octanol–water partition coefficient (Wildman–Crippen LogP) is 3.80. The van der Waals surface area contributed by atoms with Gasteiger partial charge in [0.25, 0.3) is 0 Å². The summed E-state index contributed by atoms with van der Waals surface area (Å²) in [5, 5.41) is 0. The lowest BCUT2D eigenvalue weighted by atomic mass is 9.93. The first-order chi connectivity index (χ1) is 9.54. The van der Waals surface area contributed by atoms with E-state index in [1.54, 1.807) is 19.1 Å². The van der Waals surface area contributed by atoms with E-state index in [0.29, 0.717) is 23.3 Å². The van der Waals surface area contributed by atoms with Crippen LogP contribution in [0.1, 0.15) is 35.3 Å². The zero-order valence-corrected chi connectivity index (χ0v) is 11.1. The number of nitrogens with two attached hydrogens (primary N) is 1. The number of rotatable bonds is 1. The van der Waals surface area contributed by atoms with E-state index in [2.05, 4.69) is 0 Å². The van der Waals surface area contributed by atoms with Gasteiger partial charge in [0, 0.05) is 18.0 Å². The lowest BCUT2D eigenvalue weighted by Crippen LogP contribution is -2.24. The Morgan fingerprint density at radius 2 is 1.95 bits per heavy atom. The van der Waals surface area contributed by atoms with Crippen molar-refractivity contribution in [1.82, 2.24) is 0 Å². The Morgan fingerprint density at radius 1 is 1.15 bits per heavy atom. The third-order valence-electron chi connectivity index (χ3n) is 3.68. The molecule has 2 unspecified atom stereocenters. The van der Waals surface area contributed by atoms with Gasteiger partial charge in [0.05, 0.1) is 0 Å². The molecular formula is C16H15F2NO. The van der Waals surface area contributed by atoms with Crippen molar-refractivity contribution in [1.29, 1.82) is 0 Å². The zero-order chi connectivity index (χ0) is 14.3. The van der Waals surface area contributed by atoms with Crippen molar-refractivity contribution in [2.24, 2.45) is 5.73 Å². The standard InChI is InChI=1S/C16H15F2NO/c1-9-2-3-10(6-13(9)18)16-8-14(19)12-7-11(17)4-5-15(12)20-16/h2-7,14,16H,8,19H2,1H3. The van der Waals surface area contributed by atoms with E-state index in [1.807, 2.05) is 6.07 Å². The van der Waals surface area contributed by atoms with E-state index in [0.717, 1.165) is 5.56 Å². The van der Waals surface area contributed by atoms with Crippen molar-refractivity contribution in [3.63, 3.8) is 0 Å². The molecule has 0 aliphatic carbocycles. The topological polar surface area (TPSA) is 35.2 Å². The second-order valence-electron chi connectivity index (χ2n) is 5.14. The molecular weight excluding hydrogens is 260 g/mol. The van der Waals surface area contributed by atoms with Crippen LogP contribution >= 0.6 is 0 Å². The number of aryl methyl sites for hydroxylation is 1. The van der Waals surface area contributed by atoms with Gasteiger partial charge in [-0.1, -0.05) is 12.1 Å². The van der Waals surface area contributed by atoms with E-state index in [1.165, 1.54) is 18.2 Å². The van der Waals surface area contributed by atoms with Gasteiger partial charge in [0.1, 0.15) is 23.5 Å². The minimum atomic E-state index is -0.331. The molecule has 1 aliphatic heterocycles. The number of ether oxygens (including phenoxy) is 1. The summed E-state index contributed by atoms with van der Waals surface area (Å²) in [5.74, 6) is -0.0247. The second kappa shape index (κ2) is 4.87. The predicted molar refractivity (Wildman–Crippen MR) is 72.5 cm³/mol. The third-order valence-corrected chi connectivity index (χ3v) is 3.68. The molecule has 4 heteroatoms. The van der Waals surface area contributed by atoms with Gasteiger partial charge in [0.2, 0.25) is 0 Å². The SMILES string of the molecule is Cc1ccc(C2CC(N)c3cc(F)ccc3O2)cc1F. The smallest absolute Gasteiger partial charge is 0.126 e. The first kappa shape index (κ1) is 13.1. The molecule has 2 aromatic rings. The largest absolute Gasteiger partial charge is 0.485 e. The highest BCUT2D eigenvalue weighted by Gasteiger charge is 2.27. The van der Waals surface area contributed by atoms with Crippen molar-refractivity contribution in [2.45, 2.75) is 25.5 Å². The quantitative estimate of drug-likeness (QED) is 0.859. The monoisotopic (exact) mass is 275 g/mol. The third kappa shape index (κ3) is 2.27. The minimum absolute atomic E-state index is 0.260. The molecule has 0 amide bonds. The Morgan fingerprint density at radius 3 is 2.70 bits per heavy atom. The average molecular weight is 275 g/mol. The van der Waals surface area contributed by atoms with Crippen LogP contribution in [0.15, 0.2) is 36.4 Å². The van der Waals surface area contributed by atoms with Gasteiger partial charge in [-0.2, -0.15) is 0 Å². The Bertz CT molecular complexity index is 657. The maximum atomic E-state index is 13.6. The fraction of sp³-hybridized carbons (Fsp3) is 0.250. The lowest BCUT2D eigenvalue weighted by Gasteiger charge is -2.30. The van der Waals surface area contributed by atoms with Crippen molar-refractivity contribution in [2.75, 3.05) is 0 Å². The summed E-state index contributed by atoms with van der Waals surface area (Å²) >= 11 is 0. The van der Waals surface area contributed by atoms with Gasteiger partial charge < -0.3 is 10.5 Å². The van der Waals surface area contributed by atoms with E-state index in [9.17, 15) is 8.78 Å². The van der Waals surface area contributed by atoms with Crippen molar-refractivity contribution in [3.05, 3.63) is 64.7 Å². The Hall–Kier alpha value is -1.94. The van der Waals surface area contributed by atoms with E-state index >= 15 is 0 Å². The maximum absolute atomic E-state index is 13.6. The number of halogens is 2. The van der Waals surface area contributed by atoms with E-state index in [4.69, 9.17) is 10.5 Å². The zero-order valence-electron chi connectivity index (χ0n) is 11.1. The molecule has 20 heavy (non-hydrogen) atoms. The molecule has 0 fully saturated rings. The van der Waals surface area contributed by atoms with Gasteiger partial charge in [-0.3, -0.25) is 0 Å². The van der Waals surface area contributed by atoms with E-state index in [-0.39, 0.29) is 23.8 Å². The summed E-state index contributed by atoms with van der Waals surface area (Å²) in [5.41, 5.74) is 8.07. The first-order valence-electron chi connectivity index (χ1n) is 6.52. The Labute approximate surface area is 116 Å². The molecule has 1 aliphatic rings. The molecule has 0 saturated carbocycles. The fourth-order valence-electron chi connectivity index (χ4n) is 2.49. The number of fused-ring (bicyclic) bond motifs is 1. The van der Waals surface area contributed by atoms with Crippen molar-refractivity contribution >= 4 is 0 Å². The van der Waals surface area contributed by atoms with Gasteiger partial charge in [-0.15, -0.1) is 0 Å². The summed E-state index contributed by atoms with van der Waals surface area (Å²) < 4.78 is 32.7. The molecule has 2 aromatic carbocycles. The van der Waals surface area contributed by atoms with Crippen LogP contribution in [0.2, 0.25) is 0 Å². The average Bonchev–Trinajstić information content (AvgIpc) is 2.42. The fourth-order valence-corrected chi connectivity index (χ4v) is 2.49. The van der Waals surface area contributed by atoms with Gasteiger partial charge in [-0.05, 0) is 42.3 Å². The van der Waals surface area contributed by atoms with Crippen molar-refractivity contribution < 1.29 is 13.5 Å². The minimum Gasteiger partial charge on any atom is -0.485 e. The highest BCUT2D eigenvalue weighted by molar-refractivity contribution is 5.39. The second-order valence-corrected chi connectivity index (χ2v) is 5.14. The van der Waals surface area contributed by atoms with Crippen LogP contribution < -0.4 is 10.5 Å². The molecule has 2 atom stereocenters. The molecule has 0 spiro atoms. The van der Waals surface area contributed by atoms with Gasteiger partial charge >= 0.3 is 0 Å². The lowest BCUT2D eigenvalue weighted by molar-refractivity contribution is 0.160. The van der Waals surface area contributed by atoms with Gasteiger partial charge in [-0.25, -0.2) is 8.78 Å². The van der Waals surface area contributed by atoms with Crippen LogP contribution in [0.25, 0.3) is 0 Å². The Balaban J connectivity index is 1.94. The summed E-state index contributed by atoms with van der Waals surface area (Å²) in [7, 11) is 0. The number of hydrogen-bond donors (Lipinski definition) is 1. The summed E-state index contributed by atoms with van der Waals surface area (Å²) in [6.07, 6.45) is 0.192. The number of hydrogen-bond acceptors (Lipinski definition) is 2. The molecule has 0 bridgehead atoms. The summed E-state index contributed by atoms with van der Waals surface area (Å²) in [4.78, 5) is 0. The van der Waals surface area contributed by atoms with Crippen LogP contribution in [0.5, 0.6) is 5.75 Å². The highest BCUT2D eigenvalue weighted by atomic mass is 19.1. The molecule has 0 aromatic heterocycles. The Kier molecular flexibility index (Phi) is 3.18. The van der Waals surface area contributed by atoms with Crippen LogP contribution in [0.4, 0.5) is 8.78 Å². The van der Waals surface area contributed by atoms with Crippen LogP contribution in [-0.2, 0) is 0 Å². The summed E-state index contributed by atoms with van der Waals surface area (Å²) in [6.45, 7) is 1.71. The molecule has 0 radical (unpaired) electrons. The molecule has 0 saturated heterocycles. The maximum Gasteiger partial charge on any atom is 0.126 e. The van der Waals surface area contributed by atoms with Crippen LogP contribution in [0, 0.1) is 18.6 Å². The van der Waals surface area contributed by atoms with Crippen LogP contribution in [-0.4, -0.2) is 0 Å². The van der Waals surface area contributed by atoms with Gasteiger partial charge in [0.15, 0.2) is 0 Å². The van der Waals surface area contributed by atoms with Crippen molar-refractivity contribution in [3.8, 4) is 5.75 Å². The first-order valence-corrected chi connectivity index (χ1v) is 6.52. The number of benzene rings is 2. The summed E-state index contributed by atoms with van der Waals surface area (Å²) in [6, 6.07) is 9.02. The van der Waals surface area contributed by atoms with Crippen LogP contribution in [0.3, 0.4) is 0 Å². The molecule has 104 valence electrons. The molecule has 3 rings (SSSR count). The molecule has 2 nitrogen and oxygen atoms in total.